The topological polar surface area (TPSA) is 51.5 Å². The molecule has 0 unspecified atom stereocenters. The van der Waals surface area contributed by atoms with E-state index in [0.29, 0.717) is 19.4 Å². The van der Waals surface area contributed by atoms with Gasteiger partial charge in [-0.25, -0.2) is 4.39 Å². The quantitative estimate of drug-likeness (QED) is 0.775. The van der Waals surface area contributed by atoms with Gasteiger partial charge >= 0.3 is 0 Å². The molecule has 2 aromatic rings. The van der Waals surface area contributed by atoms with Crippen molar-refractivity contribution in [3.63, 3.8) is 0 Å². The monoisotopic (exact) mass is 340 g/mol. The van der Waals surface area contributed by atoms with Crippen LogP contribution in [0.1, 0.15) is 42.1 Å². The lowest BCUT2D eigenvalue weighted by molar-refractivity contribution is -0.119. The zero-order valence-electron chi connectivity index (χ0n) is 14.5. The van der Waals surface area contributed by atoms with E-state index in [4.69, 9.17) is 4.74 Å². The predicted octanol–water partition coefficient (Wildman–Crippen LogP) is 3.50. The van der Waals surface area contributed by atoms with Gasteiger partial charge < -0.3 is 4.74 Å². The normalized spacial score (nSPS) is 14.1. The average Bonchev–Trinajstić information content (AvgIpc) is 3.03. The van der Waals surface area contributed by atoms with Crippen LogP contribution in [0, 0.1) is 5.82 Å². The fourth-order valence-corrected chi connectivity index (χ4v) is 2.86. The number of rotatable bonds is 7. The highest BCUT2D eigenvalue weighted by molar-refractivity contribution is 6.14. The summed E-state index contributed by atoms with van der Waals surface area (Å²) in [5.74, 6) is -0.105. The van der Waals surface area contributed by atoms with Crippen molar-refractivity contribution in [2.24, 2.45) is 4.99 Å². The molecule has 0 spiro atoms. The number of aromatic nitrogens is 1. The number of halogens is 1. The second kappa shape index (κ2) is 7.66. The number of benzene rings is 1. The summed E-state index contributed by atoms with van der Waals surface area (Å²) in [5, 5.41) is 0. The van der Waals surface area contributed by atoms with E-state index in [1.54, 1.807) is 25.4 Å². The van der Waals surface area contributed by atoms with Crippen molar-refractivity contribution in [2.45, 2.75) is 38.8 Å². The van der Waals surface area contributed by atoms with Gasteiger partial charge in [-0.3, -0.25) is 14.8 Å². The minimum atomic E-state index is -0.266. The van der Waals surface area contributed by atoms with Crippen molar-refractivity contribution < 1.29 is 13.9 Å². The van der Waals surface area contributed by atoms with Crippen LogP contribution in [0.15, 0.2) is 41.5 Å². The third kappa shape index (κ3) is 4.17. The van der Waals surface area contributed by atoms with Crippen molar-refractivity contribution in [3.8, 4) is 0 Å². The van der Waals surface area contributed by atoms with Crippen LogP contribution >= 0.6 is 0 Å². The Labute approximate surface area is 146 Å². The van der Waals surface area contributed by atoms with Gasteiger partial charge in [-0.1, -0.05) is 0 Å². The molecule has 0 aliphatic carbocycles. The Balaban J connectivity index is 1.68. The van der Waals surface area contributed by atoms with Crippen molar-refractivity contribution in [1.29, 1.82) is 0 Å². The van der Waals surface area contributed by atoms with E-state index in [2.05, 4.69) is 9.98 Å². The van der Waals surface area contributed by atoms with E-state index in [1.807, 2.05) is 13.0 Å². The molecule has 1 aliphatic rings. The van der Waals surface area contributed by atoms with Crippen LogP contribution < -0.4 is 0 Å². The summed E-state index contributed by atoms with van der Waals surface area (Å²) in [4.78, 5) is 21.1. The summed E-state index contributed by atoms with van der Waals surface area (Å²) in [6.45, 7) is 2.52. The Morgan fingerprint density at radius 3 is 2.80 bits per heavy atom. The fourth-order valence-electron chi connectivity index (χ4n) is 2.86. The SMILES string of the molecule is CO[C@@H](C)CCC(=O)Cc1cc2c(cn1)C(c1ccc(F)cc1)=NC2. The molecule has 0 saturated heterocycles. The highest BCUT2D eigenvalue weighted by Crippen LogP contribution is 2.23. The van der Waals surface area contributed by atoms with Gasteiger partial charge in [0.05, 0.1) is 18.4 Å². The summed E-state index contributed by atoms with van der Waals surface area (Å²) in [6.07, 6.45) is 3.40. The van der Waals surface area contributed by atoms with Crippen molar-refractivity contribution in [2.75, 3.05) is 7.11 Å². The first kappa shape index (κ1) is 17.4. The molecule has 3 rings (SSSR count). The second-order valence-corrected chi connectivity index (χ2v) is 6.30. The van der Waals surface area contributed by atoms with E-state index in [0.717, 1.165) is 34.5 Å². The minimum absolute atomic E-state index is 0.0867. The number of aliphatic imine (C=N–C) groups is 1. The van der Waals surface area contributed by atoms with Gasteiger partial charge in [0.1, 0.15) is 11.6 Å². The third-order valence-electron chi connectivity index (χ3n) is 4.44. The molecule has 0 amide bonds. The second-order valence-electron chi connectivity index (χ2n) is 6.30. The van der Waals surface area contributed by atoms with Crippen LogP contribution in [-0.4, -0.2) is 29.7 Å². The van der Waals surface area contributed by atoms with Crippen LogP contribution in [0.25, 0.3) is 0 Å². The lowest BCUT2D eigenvalue weighted by atomic mass is 10.0. The standard InChI is InChI=1S/C20H21FN2O2/c1-13(25-2)3-8-18(24)10-17-9-15-11-23-20(19(15)12-22-17)14-4-6-16(21)7-5-14/h4-7,9,12-13H,3,8,10-11H2,1-2H3/t13-/m0/s1. The van der Waals surface area contributed by atoms with Gasteiger partial charge in [0.2, 0.25) is 0 Å². The maximum atomic E-state index is 13.1. The van der Waals surface area contributed by atoms with E-state index in [1.165, 1.54) is 12.1 Å². The minimum Gasteiger partial charge on any atom is -0.382 e. The molecule has 2 heterocycles. The smallest absolute Gasteiger partial charge is 0.138 e. The van der Waals surface area contributed by atoms with Crippen LogP contribution in [0.4, 0.5) is 4.39 Å². The van der Waals surface area contributed by atoms with E-state index in [9.17, 15) is 9.18 Å². The molecular weight excluding hydrogens is 319 g/mol. The molecule has 0 saturated carbocycles. The number of methoxy groups -OCH3 is 1. The predicted molar refractivity (Wildman–Crippen MR) is 94.4 cm³/mol. The number of Topliss-reactive ketones (excluding diaryl/α,β-unsaturated/α-hetero) is 1. The molecule has 0 fully saturated rings. The van der Waals surface area contributed by atoms with Crippen molar-refractivity contribution >= 4 is 11.5 Å². The number of nitrogens with zero attached hydrogens (tertiary/aromatic N) is 2. The average molecular weight is 340 g/mol. The molecule has 130 valence electrons. The fraction of sp³-hybridized carbons (Fsp3) is 0.350. The van der Waals surface area contributed by atoms with Gasteiger partial charge in [0, 0.05) is 43.0 Å². The van der Waals surface area contributed by atoms with E-state index < -0.39 is 0 Å². The van der Waals surface area contributed by atoms with E-state index in [-0.39, 0.29) is 17.7 Å². The molecule has 1 aliphatic heterocycles. The molecule has 0 bridgehead atoms. The van der Waals surface area contributed by atoms with Gasteiger partial charge in [-0.05, 0) is 49.2 Å². The maximum Gasteiger partial charge on any atom is 0.138 e. The summed E-state index contributed by atoms with van der Waals surface area (Å²) in [5.41, 5.74) is 4.48. The number of fused-ring (bicyclic) bond motifs is 1. The maximum absolute atomic E-state index is 13.1. The number of ether oxygens (including phenoxy) is 1. The van der Waals surface area contributed by atoms with Crippen LogP contribution in [0.3, 0.4) is 0 Å². The molecule has 4 nitrogen and oxygen atoms in total. The first-order valence-corrected chi connectivity index (χ1v) is 8.40. The third-order valence-corrected chi connectivity index (χ3v) is 4.44. The zero-order valence-corrected chi connectivity index (χ0v) is 14.5. The summed E-state index contributed by atoms with van der Waals surface area (Å²) < 4.78 is 18.3. The Morgan fingerprint density at radius 1 is 1.32 bits per heavy atom. The number of carbonyl (C=O) groups excluding carboxylic acids is 1. The molecule has 1 aromatic carbocycles. The molecular formula is C20H21FN2O2. The number of carbonyl (C=O) groups is 1. The first-order chi connectivity index (χ1) is 12.1. The molecule has 0 N–H and O–H groups in total. The highest BCUT2D eigenvalue weighted by Gasteiger charge is 2.19. The Morgan fingerprint density at radius 2 is 2.08 bits per heavy atom. The lowest BCUT2D eigenvalue weighted by Gasteiger charge is -2.09. The van der Waals surface area contributed by atoms with Gasteiger partial charge in [0.15, 0.2) is 0 Å². The van der Waals surface area contributed by atoms with Crippen molar-refractivity contribution in [1.82, 2.24) is 4.98 Å². The van der Waals surface area contributed by atoms with Crippen LogP contribution in [-0.2, 0) is 22.5 Å². The first-order valence-electron chi connectivity index (χ1n) is 8.40. The summed E-state index contributed by atoms with van der Waals surface area (Å²) in [7, 11) is 1.65. The van der Waals surface area contributed by atoms with Gasteiger partial charge in [-0.15, -0.1) is 0 Å². The van der Waals surface area contributed by atoms with Gasteiger partial charge in [-0.2, -0.15) is 0 Å². The lowest BCUT2D eigenvalue weighted by Crippen LogP contribution is -2.11. The molecule has 5 heteroatoms. The van der Waals surface area contributed by atoms with E-state index >= 15 is 0 Å². The molecule has 1 aromatic heterocycles. The highest BCUT2D eigenvalue weighted by atomic mass is 19.1. The molecule has 0 radical (unpaired) electrons. The summed E-state index contributed by atoms with van der Waals surface area (Å²) in [6, 6.07) is 8.25. The zero-order chi connectivity index (χ0) is 17.8. The van der Waals surface area contributed by atoms with Gasteiger partial charge in [0.25, 0.3) is 0 Å². The van der Waals surface area contributed by atoms with Crippen molar-refractivity contribution in [3.05, 3.63) is 64.7 Å². The molecule has 1 atom stereocenters. The summed E-state index contributed by atoms with van der Waals surface area (Å²) >= 11 is 0. The number of pyridine rings is 1. The Bertz CT molecular complexity index is 800. The largest absolute Gasteiger partial charge is 0.382 e. The van der Waals surface area contributed by atoms with Crippen LogP contribution in [0.5, 0.6) is 0 Å². The molecule has 25 heavy (non-hydrogen) atoms. The Kier molecular flexibility index (Phi) is 5.34. The number of hydrogen-bond donors (Lipinski definition) is 0. The Hall–Kier alpha value is -2.40. The number of hydrogen-bond acceptors (Lipinski definition) is 4. The van der Waals surface area contributed by atoms with Crippen LogP contribution in [0.2, 0.25) is 0 Å². The number of ketones is 1.